The van der Waals surface area contributed by atoms with Crippen molar-refractivity contribution >= 4 is 0 Å². The van der Waals surface area contributed by atoms with Gasteiger partial charge >= 0.3 is 0 Å². The molecule has 14 heavy (non-hydrogen) atoms. The molecule has 0 aliphatic heterocycles. The summed E-state index contributed by atoms with van der Waals surface area (Å²) < 4.78 is 0. The van der Waals surface area contributed by atoms with Gasteiger partial charge in [-0.2, -0.15) is 0 Å². The molecular weight excluding hydrogens is 176 g/mol. The Morgan fingerprint density at radius 3 is 2.29 bits per heavy atom. The van der Waals surface area contributed by atoms with E-state index < -0.39 is 0 Å². The van der Waals surface area contributed by atoms with E-state index >= 15 is 0 Å². The van der Waals surface area contributed by atoms with Crippen LogP contribution in [0.15, 0.2) is 0 Å². The molecule has 0 aromatic rings. The van der Waals surface area contributed by atoms with Gasteiger partial charge in [-0.1, -0.05) is 0 Å². The monoisotopic (exact) mass is 196 g/mol. The zero-order chi connectivity index (χ0) is 9.71. The van der Waals surface area contributed by atoms with E-state index in [1.807, 2.05) is 0 Å². The quantitative estimate of drug-likeness (QED) is 0.698. The van der Waals surface area contributed by atoms with Crippen molar-refractivity contribution in [1.82, 2.24) is 0 Å². The highest BCUT2D eigenvalue weighted by atomic mass is 16.3. The predicted octanol–water partition coefficient (Wildman–Crippen LogP) is 1.27. The molecule has 0 aromatic carbocycles. The van der Waals surface area contributed by atoms with Crippen LogP contribution in [0.25, 0.3) is 0 Å². The molecule has 0 heterocycles. The lowest BCUT2D eigenvalue weighted by molar-refractivity contribution is 0.120. The summed E-state index contributed by atoms with van der Waals surface area (Å²) in [5, 5.41) is 18.5. The molecular formula is C12H20O2. The van der Waals surface area contributed by atoms with Crippen LogP contribution in [0, 0.1) is 35.5 Å². The van der Waals surface area contributed by atoms with Crippen molar-refractivity contribution in [1.29, 1.82) is 0 Å². The second-order valence-electron chi connectivity index (χ2n) is 5.69. The minimum absolute atomic E-state index is 0.385. The van der Waals surface area contributed by atoms with Crippen LogP contribution in [0.3, 0.4) is 0 Å². The molecule has 6 atom stereocenters. The van der Waals surface area contributed by atoms with Gasteiger partial charge in [-0.05, 0) is 61.2 Å². The van der Waals surface area contributed by atoms with Gasteiger partial charge in [0.05, 0.1) is 0 Å². The molecule has 3 aliphatic rings. The zero-order valence-corrected chi connectivity index (χ0v) is 8.60. The predicted molar refractivity (Wildman–Crippen MR) is 53.6 cm³/mol. The maximum atomic E-state index is 9.28. The molecule has 0 radical (unpaired) electrons. The Bertz CT molecular complexity index is 226. The van der Waals surface area contributed by atoms with Gasteiger partial charge in [-0.25, -0.2) is 0 Å². The van der Waals surface area contributed by atoms with Gasteiger partial charge in [0.1, 0.15) is 0 Å². The molecule has 2 N–H and O–H groups in total. The summed E-state index contributed by atoms with van der Waals surface area (Å²) in [7, 11) is 0. The normalized spacial score (nSPS) is 55.3. The first-order chi connectivity index (χ1) is 6.83. The Labute approximate surface area is 85.3 Å². The fourth-order valence-electron chi connectivity index (χ4n) is 4.68. The van der Waals surface area contributed by atoms with E-state index in [0.717, 1.165) is 23.7 Å². The maximum Gasteiger partial charge on any atom is 0.0462 e. The number of rotatable bonds is 2. The lowest BCUT2D eigenvalue weighted by Crippen LogP contribution is -2.26. The highest BCUT2D eigenvalue weighted by molar-refractivity contribution is 5.04. The van der Waals surface area contributed by atoms with Gasteiger partial charge in [0.15, 0.2) is 0 Å². The Hall–Kier alpha value is -0.0800. The summed E-state index contributed by atoms with van der Waals surface area (Å²) in [5.74, 6) is 4.61. The maximum absolute atomic E-state index is 9.28. The van der Waals surface area contributed by atoms with Crippen LogP contribution >= 0.6 is 0 Å². The Morgan fingerprint density at radius 1 is 0.786 bits per heavy atom. The summed E-state index contributed by atoms with van der Waals surface area (Å²) >= 11 is 0. The molecule has 4 unspecified atom stereocenters. The number of fused-ring (bicyclic) bond motifs is 5. The standard InChI is InChI=1S/C12H20O2/c13-5-7-1-10-8-3-9(6-14)11(4-8)12(10)2-7/h7-14H,1-6H2/t7-,8?,9-,10?,11?,12?/m0/s1. The van der Waals surface area contributed by atoms with Crippen molar-refractivity contribution in [2.45, 2.75) is 25.7 Å². The Kier molecular flexibility index (Phi) is 2.10. The second kappa shape index (κ2) is 3.21. The van der Waals surface area contributed by atoms with Gasteiger partial charge in [-0.3, -0.25) is 0 Å². The van der Waals surface area contributed by atoms with E-state index in [4.69, 9.17) is 0 Å². The molecule has 2 bridgehead atoms. The first kappa shape index (κ1) is 9.17. The lowest BCUT2D eigenvalue weighted by Gasteiger charge is -2.30. The van der Waals surface area contributed by atoms with E-state index in [0.29, 0.717) is 25.0 Å². The highest BCUT2D eigenvalue weighted by Crippen LogP contribution is 2.61. The molecule has 3 fully saturated rings. The van der Waals surface area contributed by atoms with E-state index in [-0.39, 0.29) is 0 Å². The third-order valence-corrected chi connectivity index (χ3v) is 5.20. The van der Waals surface area contributed by atoms with Crippen LogP contribution in [0.1, 0.15) is 25.7 Å². The van der Waals surface area contributed by atoms with Crippen molar-refractivity contribution in [3.63, 3.8) is 0 Å². The molecule has 0 saturated heterocycles. The number of aliphatic hydroxyl groups excluding tert-OH is 2. The molecule has 0 spiro atoms. The van der Waals surface area contributed by atoms with Gasteiger partial charge in [-0.15, -0.1) is 0 Å². The summed E-state index contributed by atoms with van der Waals surface area (Å²) in [6.07, 6.45) is 5.14. The van der Waals surface area contributed by atoms with Crippen LogP contribution in [0.2, 0.25) is 0 Å². The van der Waals surface area contributed by atoms with E-state index in [1.54, 1.807) is 0 Å². The van der Waals surface area contributed by atoms with Crippen molar-refractivity contribution in [3.8, 4) is 0 Å². The van der Waals surface area contributed by atoms with Gasteiger partial charge < -0.3 is 10.2 Å². The van der Waals surface area contributed by atoms with E-state index in [9.17, 15) is 10.2 Å². The summed E-state index contributed by atoms with van der Waals surface area (Å²) in [5.41, 5.74) is 0. The highest BCUT2D eigenvalue weighted by Gasteiger charge is 2.55. The van der Waals surface area contributed by atoms with Crippen LogP contribution in [0.5, 0.6) is 0 Å². The topological polar surface area (TPSA) is 40.5 Å². The molecule has 3 saturated carbocycles. The van der Waals surface area contributed by atoms with Crippen LogP contribution in [-0.2, 0) is 0 Å². The van der Waals surface area contributed by atoms with E-state index in [1.165, 1.54) is 25.7 Å². The van der Waals surface area contributed by atoms with Crippen LogP contribution in [0.4, 0.5) is 0 Å². The summed E-state index contributed by atoms with van der Waals surface area (Å²) in [4.78, 5) is 0. The smallest absolute Gasteiger partial charge is 0.0462 e. The third-order valence-electron chi connectivity index (χ3n) is 5.20. The van der Waals surface area contributed by atoms with Crippen molar-refractivity contribution in [2.24, 2.45) is 35.5 Å². The van der Waals surface area contributed by atoms with Gasteiger partial charge in [0.2, 0.25) is 0 Å². The first-order valence-corrected chi connectivity index (χ1v) is 6.05. The fourth-order valence-corrected chi connectivity index (χ4v) is 4.68. The van der Waals surface area contributed by atoms with Gasteiger partial charge in [0.25, 0.3) is 0 Å². The molecule has 80 valence electrons. The van der Waals surface area contributed by atoms with E-state index in [2.05, 4.69) is 0 Å². The molecule has 0 aromatic heterocycles. The number of hydrogen-bond donors (Lipinski definition) is 2. The minimum Gasteiger partial charge on any atom is -0.396 e. The van der Waals surface area contributed by atoms with Gasteiger partial charge in [0, 0.05) is 13.2 Å². The molecule has 2 heteroatoms. The fraction of sp³-hybridized carbons (Fsp3) is 1.00. The Morgan fingerprint density at radius 2 is 1.57 bits per heavy atom. The average Bonchev–Trinajstić information content (AvgIpc) is 2.87. The van der Waals surface area contributed by atoms with Crippen molar-refractivity contribution < 1.29 is 10.2 Å². The molecule has 0 amide bonds. The van der Waals surface area contributed by atoms with Crippen LogP contribution < -0.4 is 0 Å². The second-order valence-corrected chi connectivity index (χ2v) is 5.69. The van der Waals surface area contributed by atoms with Crippen molar-refractivity contribution in [2.75, 3.05) is 13.2 Å². The summed E-state index contributed by atoms with van der Waals surface area (Å²) in [6.45, 7) is 0.782. The zero-order valence-electron chi connectivity index (χ0n) is 8.60. The Balaban J connectivity index is 1.75. The SMILES string of the molecule is OC[C@H]1CC2C3CC(C2C1)[C@H](CO)C3. The van der Waals surface area contributed by atoms with Crippen LogP contribution in [-0.4, -0.2) is 23.4 Å². The molecule has 3 rings (SSSR count). The number of hydrogen-bond acceptors (Lipinski definition) is 2. The first-order valence-electron chi connectivity index (χ1n) is 6.05. The van der Waals surface area contributed by atoms with Crippen molar-refractivity contribution in [3.05, 3.63) is 0 Å². The summed E-state index contributed by atoms with van der Waals surface area (Å²) in [6, 6.07) is 0. The third kappa shape index (κ3) is 1.10. The lowest BCUT2D eigenvalue weighted by atomic mass is 9.76. The molecule has 2 nitrogen and oxygen atoms in total. The average molecular weight is 196 g/mol. The number of aliphatic hydroxyl groups is 2. The minimum atomic E-state index is 0.385. The largest absolute Gasteiger partial charge is 0.396 e. The molecule has 3 aliphatic carbocycles.